The van der Waals surface area contributed by atoms with Crippen molar-refractivity contribution in [3.05, 3.63) is 45.5 Å². The molecule has 0 spiro atoms. The van der Waals surface area contributed by atoms with E-state index in [2.05, 4.69) is 5.32 Å². The lowest BCUT2D eigenvalue weighted by atomic mass is 9.87. The average Bonchev–Trinajstić information content (AvgIpc) is 2.64. The lowest BCUT2D eigenvalue weighted by Gasteiger charge is -2.23. The van der Waals surface area contributed by atoms with E-state index in [1.54, 1.807) is 19.1 Å². The van der Waals surface area contributed by atoms with Gasteiger partial charge in [0.1, 0.15) is 11.5 Å². The molecule has 1 heterocycles. The molecule has 0 saturated heterocycles. The van der Waals surface area contributed by atoms with Gasteiger partial charge in [0.25, 0.3) is 0 Å². The van der Waals surface area contributed by atoms with E-state index in [-0.39, 0.29) is 35.4 Å². The molecule has 1 aromatic heterocycles. The fraction of sp³-hybridized carbons (Fsp3) is 0.429. The van der Waals surface area contributed by atoms with Crippen LogP contribution in [0.3, 0.4) is 0 Å². The van der Waals surface area contributed by atoms with E-state index in [1.807, 2.05) is 13.8 Å². The quantitative estimate of drug-likeness (QED) is 0.695. The Morgan fingerprint density at radius 1 is 1.14 bits per heavy atom. The van der Waals surface area contributed by atoms with Crippen molar-refractivity contribution in [2.24, 2.45) is 0 Å². The third-order valence-corrected chi connectivity index (χ3v) is 4.39. The van der Waals surface area contributed by atoms with Crippen molar-refractivity contribution < 1.29 is 28.5 Å². The van der Waals surface area contributed by atoms with Crippen molar-refractivity contribution in [3.63, 3.8) is 0 Å². The van der Waals surface area contributed by atoms with Crippen molar-refractivity contribution in [1.82, 2.24) is 5.32 Å². The molecule has 0 fully saturated rings. The summed E-state index contributed by atoms with van der Waals surface area (Å²) in [6.07, 6.45) is -0.106. The minimum atomic E-state index is -0.833. The standard InChI is InChI=1S/C21H27NO7/c1-11(2)22-17(24)10-14(18-15(23)9-12(3)29-21(18)25)13-7-8-16(26-4)20(28-6)19(13)27-5/h7-9,11,14,23H,10H2,1-6H3,(H,22,24). The molecule has 1 atom stereocenters. The smallest absolute Gasteiger partial charge is 0.343 e. The van der Waals surface area contributed by atoms with Crippen LogP contribution in [0.15, 0.2) is 27.4 Å². The van der Waals surface area contributed by atoms with Crippen molar-refractivity contribution in [1.29, 1.82) is 0 Å². The molecule has 1 aromatic carbocycles. The first-order valence-corrected chi connectivity index (χ1v) is 9.15. The van der Waals surface area contributed by atoms with Gasteiger partial charge in [0.15, 0.2) is 11.5 Å². The van der Waals surface area contributed by atoms with Gasteiger partial charge < -0.3 is 29.1 Å². The second-order valence-corrected chi connectivity index (χ2v) is 6.85. The number of methoxy groups -OCH3 is 3. The van der Waals surface area contributed by atoms with Crippen LogP contribution in [0.4, 0.5) is 0 Å². The molecule has 158 valence electrons. The zero-order chi connectivity index (χ0) is 21.7. The molecule has 0 aliphatic carbocycles. The maximum absolute atomic E-state index is 12.6. The highest BCUT2D eigenvalue weighted by molar-refractivity contribution is 5.78. The molecule has 8 heteroatoms. The van der Waals surface area contributed by atoms with Gasteiger partial charge in [-0.25, -0.2) is 4.79 Å². The topological polar surface area (TPSA) is 107 Å². The van der Waals surface area contributed by atoms with Gasteiger partial charge in [0.2, 0.25) is 11.7 Å². The summed E-state index contributed by atoms with van der Waals surface area (Å²) in [6, 6.07) is 4.58. The Bertz CT molecular complexity index is 933. The van der Waals surface area contributed by atoms with Crippen LogP contribution in [0.2, 0.25) is 0 Å². The monoisotopic (exact) mass is 405 g/mol. The average molecular weight is 405 g/mol. The Hall–Kier alpha value is -3.16. The van der Waals surface area contributed by atoms with Crippen LogP contribution in [0.5, 0.6) is 23.0 Å². The van der Waals surface area contributed by atoms with Crippen molar-refractivity contribution in [3.8, 4) is 23.0 Å². The predicted octanol–water partition coefficient (Wildman–Crippen LogP) is 2.73. The number of ether oxygens (including phenoxy) is 3. The maximum atomic E-state index is 12.6. The largest absolute Gasteiger partial charge is 0.507 e. The lowest BCUT2D eigenvalue weighted by molar-refractivity contribution is -0.121. The molecular formula is C21H27NO7. The minimum Gasteiger partial charge on any atom is -0.507 e. The van der Waals surface area contributed by atoms with E-state index < -0.39 is 11.5 Å². The molecule has 29 heavy (non-hydrogen) atoms. The number of carbonyl (C=O) groups excluding carboxylic acids is 1. The molecular weight excluding hydrogens is 378 g/mol. The minimum absolute atomic E-state index is 0.0278. The third kappa shape index (κ3) is 4.82. The lowest BCUT2D eigenvalue weighted by Crippen LogP contribution is -2.32. The molecule has 2 aromatic rings. The predicted molar refractivity (Wildman–Crippen MR) is 107 cm³/mol. The Kier molecular flexibility index (Phi) is 7.14. The van der Waals surface area contributed by atoms with Crippen LogP contribution in [0, 0.1) is 6.92 Å². The van der Waals surface area contributed by atoms with Crippen LogP contribution in [-0.4, -0.2) is 38.4 Å². The summed E-state index contributed by atoms with van der Waals surface area (Å²) in [5, 5.41) is 13.3. The van der Waals surface area contributed by atoms with Gasteiger partial charge in [-0.15, -0.1) is 0 Å². The summed E-state index contributed by atoms with van der Waals surface area (Å²) < 4.78 is 21.4. The zero-order valence-corrected chi connectivity index (χ0v) is 17.5. The number of carbonyl (C=O) groups is 1. The Balaban J connectivity index is 2.72. The first-order valence-electron chi connectivity index (χ1n) is 9.15. The van der Waals surface area contributed by atoms with Crippen LogP contribution < -0.4 is 25.2 Å². The van der Waals surface area contributed by atoms with Gasteiger partial charge in [0, 0.05) is 30.0 Å². The van der Waals surface area contributed by atoms with E-state index in [4.69, 9.17) is 18.6 Å². The number of aryl methyl sites for hydroxylation is 1. The normalized spacial score (nSPS) is 11.8. The number of hydrogen-bond acceptors (Lipinski definition) is 7. The molecule has 0 radical (unpaired) electrons. The summed E-state index contributed by atoms with van der Waals surface area (Å²) in [7, 11) is 4.40. The summed E-state index contributed by atoms with van der Waals surface area (Å²) in [5.41, 5.74) is -0.266. The zero-order valence-electron chi connectivity index (χ0n) is 17.5. The second kappa shape index (κ2) is 9.36. The first kappa shape index (κ1) is 22.1. The van der Waals surface area contributed by atoms with Gasteiger partial charge >= 0.3 is 5.63 Å². The highest BCUT2D eigenvalue weighted by Gasteiger charge is 2.30. The number of benzene rings is 1. The highest BCUT2D eigenvalue weighted by atomic mass is 16.5. The van der Waals surface area contributed by atoms with Gasteiger partial charge in [-0.2, -0.15) is 0 Å². The van der Waals surface area contributed by atoms with Gasteiger partial charge in [0.05, 0.1) is 26.9 Å². The number of nitrogens with one attached hydrogen (secondary N) is 1. The number of aromatic hydroxyl groups is 1. The Morgan fingerprint density at radius 3 is 2.31 bits per heavy atom. The van der Waals surface area contributed by atoms with E-state index in [0.29, 0.717) is 22.8 Å². The molecule has 0 bridgehead atoms. The number of amides is 1. The van der Waals surface area contributed by atoms with E-state index in [1.165, 1.54) is 27.4 Å². The van der Waals surface area contributed by atoms with Gasteiger partial charge in [-0.3, -0.25) is 4.79 Å². The van der Waals surface area contributed by atoms with Crippen LogP contribution in [0.1, 0.15) is 43.1 Å². The molecule has 0 saturated carbocycles. The number of hydrogen-bond donors (Lipinski definition) is 2. The Labute approximate surface area is 169 Å². The fourth-order valence-electron chi connectivity index (χ4n) is 3.26. The molecule has 1 amide bonds. The summed E-state index contributed by atoms with van der Waals surface area (Å²) in [6.45, 7) is 5.23. The maximum Gasteiger partial charge on any atom is 0.343 e. The van der Waals surface area contributed by atoms with E-state index >= 15 is 0 Å². The molecule has 0 aliphatic heterocycles. The Morgan fingerprint density at radius 2 is 1.79 bits per heavy atom. The summed E-state index contributed by atoms with van der Waals surface area (Å²) in [5.74, 6) is -0.0645. The molecule has 2 N–H and O–H groups in total. The first-order chi connectivity index (χ1) is 13.7. The summed E-state index contributed by atoms with van der Waals surface area (Å²) >= 11 is 0. The second-order valence-electron chi connectivity index (χ2n) is 6.85. The van der Waals surface area contributed by atoms with Crippen molar-refractivity contribution >= 4 is 5.91 Å². The van der Waals surface area contributed by atoms with E-state index in [0.717, 1.165) is 0 Å². The van der Waals surface area contributed by atoms with E-state index in [9.17, 15) is 14.7 Å². The highest BCUT2D eigenvalue weighted by Crippen LogP contribution is 2.45. The molecule has 0 aliphatic rings. The fourth-order valence-corrected chi connectivity index (χ4v) is 3.26. The molecule has 2 rings (SSSR count). The third-order valence-electron chi connectivity index (χ3n) is 4.39. The molecule has 8 nitrogen and oxygen atoms in total. The van der Waals surface area contributed by atoms with Crippen LogP contribution >= 0.6 is 0 Å². The molecule has 1 unspecified atom stereocenters. The van der Waals surface area contributed by atoms with Gasteiger partial charge in [-0.05, 0) is 26.8 Å². The summed E-state index contributed by atoms with van der Waals surface area (Å²) in [4.78, 5) is 25.2. The van der Waals surface area contributed by atoms with Crippen LogP contribution in [0.25, 0.3) is 0 Å². The van der Waals surface area contributed by atoms with Gasteiger partial charge in [-0.1, -0.05) is 6.07 Å². The SMILES string of the molecule is COc1ccc(C(CC(=O)NC(C)C)c2c(O)cc(C)oc2=O)c(OC)c1OC. The van der Waals surface area contributed by atoms with Crippen LogP contribution in [-0.2, 0) is 4.79 Å². The number of rotatable bonds is 8. The van der Waals surface area contributed by atoms with Crippen molar-refractivity contribution in [2.75, 3.05) is 21.3 Å². The van der Waals surface area contributed by atoms with Crippen molar-refractivity contribution in [2.45, 2.75) is 39.2 Å².